The molecule has 0 aliphatic heterocycles. The van der Waals surface area contributed by atoms with Crippen molar-refractivity contribution in [3.8, 4) is 0 Å². The van der Waals surface area contributed by atoms with Gasteiger partial charge in [0, 0.05) is 0 Å². The van der Waals surface area contributed by atoms with E-state index >= 15 is 0 Å². The first-order chi connectivity index (χ1) is 12.4. The van der Waals surface area contributed by atoms with Gasteiger partial charge in [0.05, 0.1) is 0 Å². The Morgan fingerprint density at radius 3 is 1.43 bits per heavy atom. The van der Waals surface area contributed by atoms with E-state index in [9.17, 15) is 0 Å². The predicted octanol–water partition coefficient (Wildman–Crippen LogP) is 7.26. The molecule has 2 unspecified atom stereocenters. The van der Waals surface area contributed by atoms with Crippen LogP contribution in [0, 0.1) is 0 Å². The number of hydrogen-bond acceptors (Lipinski definition) is 0. The average molecular weight is 555 g/mol. The third-order valence-electron chi connectivity index (χ3n) is 6.75. The molecule has 2 aromatic carbocycles. The summed E-state index contributed by atoms with van der Waals surface area (Å²) in [5.74, 6) is 0. The summed E-state index contributed by atoms with van der Waals surface area (Å²) in [5.41, 5.74) is 9.64. The predicted molar refractivity (Wildman–Crippen MR) is 130 cm³/mol. The number of hydrogen-bond donors (Lipinski definition) is 0. The van der Waals surface area contributed by atoms with E-state index in [1.807, 2.05) is 0 Å². The summed E-state index contributed by atoms with van der Waals surface area (Å²) in [7, 11) is 0. The minimum absolute atomic E-state index is 0. The van der Waals surface area contributed by atoms with E-state index in [-0.39, 0.29) is 24.8 Å². The molecule has 0 amide bonds. The largest absolute Gasteiger partial charge is 0.147 e. The van der Waals surface area contributed by atoms with E-state index in [4.69, 9.17) is 0 Å². The second-order valence-electron chi connectivity index (χ2n) is 9.21. The molecule has 4 heteroatoms. The average Bonchev–Trinajstić information content (AvgIpc) is 3.20. The van der Waals surface area contributed by atoms with E-state index in [2.05, 4.69) is 83.8 Å². The summed E-state index contributed by atoms with van der Waals surface area (Å²) >= 11 is -1.64. The summed E-state index contributed by atoms with van der Waals surface area (Å²) in [5, 5.41) is 0. The molecule has 0 nitrogen and oxygen atoms in total. The van der Waals surface area contributed by atoms with Crippen LogP contribution in [-0.4, -0.2) is 12.1 Å². The van der Waals surface area contributed by atoms with Crippen LogP contribution < -0.4 is 0 Å². The second kappa shape index (κ2) is 8.58. The van der Waals surface area contributed by atoms with Gasteiger partial charge in [-0.15, -0.1) is 24.8 Å². The van der Waals surface area contributed by atoms with Gasteiger partial charge in [-0.3, -0.25) is 0 Å². The Morgan fingerprint density at radius 2 is 1.07 bits per heavy atom. The second-order valence-corrected chi connectivity index (χ2v) is 54.2. The Morgan fingerprint density at radius 1 is 0.714 bits per heavy atom. The number of rotatable bonds is 4. The summed E-state index contributed by atoms with van der Waals surface area (Å²) in [6, 6.07) is 18.4. The molecule has 0 bridgehead atoms. The quantitative estimate of drug-likeness (QED) is 0.349. The van der Waals surface area contributed by atoms with Gasteiger partial charge < -0.3 is 0 Å². The molecular weight excluding hydrogens is 523 g/mol. The molecule has 0 spiro atoms. The Labute approximate surface area is 188 Å². The fourth-order valence-corrected chi connectivity index (χ4v) is 32.3. The first kappa shape index (κ1) is 24.2. The Balaban J connectivity index is 0.00000140. The van der Waals surface area contributed by atoms with Crippen molar-refractivity contribution in [2.75, 3.05) is 0 Å². The normalized spacial score (nSPS) is 20.3. The molecule has 0 radical (unpaired) electrons. The molecule has 0 fully saturated rings. The summed E-state index contributed by atoms with van der Waals surface area (Å²) < 4.78 is 6.97. The van der Waals surface area contributed by atoms with Gasteiger partial charge in [0.15, 0.2) is 0 Å². The first-order valence-electron chi connectivity index (χ1n) is 10.0. The summed E-state index contributed by atoms with van der Waals surface area (Å²) in [6.07, 6.45) is 7.41. The summed E-state index contributed by atoms with van der Waals surface area (Å²) in [6.45, 7) is 4.71. The minimum Gasteiger partial charge on any atom is -0.147 e. The van der Waals surface area contributed by atoms with Crippen molar-refractivity contribution in [1.82, 2.24) is 0 Å². The van der Waals surface area contributed by atoms with Gasteiger partial charge in [0.1, 0.15) is 0 Å². The smallest absolute Gasteiger partial charge is 0.147 e. The molecule has 2 aliphatic carbocycles. The van der Waals surface area contributed by atoms with Crippen LogP contribution >= 0.6 is 24.8 Å². The molecular formula is C24H32Cl2GeZr. The third-order valence-corrected chi connectivity index (χ3v) is 29.6. The minimum atomic E-state index is -3.12. The van der Waals surface area contributed by atoms with Crippen LogP contribution in [0.2, 0.25) is 9.26 Å². The monoisotopic (exact) mass is 554 g/mol. The standard InChI is InChI=1S/2C11H11.2CH3.2ClH.GeH2.Zr/c2*1-2-9-7-10-5-3-4-6-11(10)8-9;;;;;;/h2*3-8H,2H2,1H3;2*1H3;2*1H;1H2;. The van der Waals surface area contributed by atoms with Gasteiger partial charge >= 0.3 is 165 Å². The zero-order valence-corrected chi connectivity index (χ0v) is 24.4. The van der Waals surface area contributed by atoms with Crippen LogP contribution in [0.4, 0.5) is 0 Å². The molecule has 0 saturated heterocycles. The first-order valence-corrected chi connectivity index (χ1v) is 28.3. The molecule has 150 valence electrons. The van der Waals surface area contributed by atoms with Crippen LogP contribution in [0.1, 0.15) is 56.2 Å². The molecule has 2 aliphatic rings. The fourth-order valence-electron chi connectivity index (χ4n) is 5.79. The Bertz CT molecular complexity index is 937. The molecule has 2 atom stereocenters. The van der Waals surface area contributed by atoms with E-state index < -0.39 is 15.7 Å². The van der Waals surface area contributed by atoms with Gasteiger partial charge in [-0.05, 0) is 0 Å². The SMILES string of the molecule is CCC1=Cc2ccccc2[CH]1[Zr]([CH3])([CH3])(=[GeH2])[CH]1C(CC)=Cc2ccccc21.Cl.Cl. The summed E-state index contributed by atoms with van der Waals surface area (Å²) in [4.78, 5) is 0. The van der Waals surface area contributed by atoms with Gasteiger partial charge in [-0.25, -0.2) is 0 Å². The van der Waals surface area contributed by atoms with Gasteiger partial charge in [0.2, 0.25) is 0 Å². The number of halogens is 2. The molecule has 0 N–H and O–H groups in total. The zero-order chi connectivity index (χ0) is 18.6. The van der Waals surface area contributed by atoms with Crippen molar-refractivity contribution in [2.24, 2.45) is 0 Å². The van der Waals surface area contributed by atoms with E-state index in [1.54, 1.807) is 22.3 Å². The van der Waals surface area contributed by atoms with E-state index in [0.717, 1.165) is 0 Å². The van der Waals surface area contributed by atoms with E-state index in [0.29, 0.717) is 7.25 Å². The van der Waals surface area contributed by atoms with Crippen molar-refractivity contribution in [1.29, 1.82) is 0 Å². The van der Waals surface area contributed by atoms with Gasteiger partial charge in [-0.2, -0.15) is 0 Å². The maximum Gasteiger partial charge on any atom is -0.147 e. The van der Waals surface area contributed by atoms with E-state index in [1.165, 1.54) is 36.1 Å². The van der Waals surface area contributed by atoms with Crippen molar-refractivity contribution in [2.45, 2.75) is 43.2 Å². The van der Waals surface area contributed by atoms with Crippen LogP contribution in [0.3, 0.4) is 0 Å². The molecule has 28 heavy (non-hydrogen) atoms. The number of benzene rings is 2. The third kappa shape index (κ3) is 3.71. The van der Waals surface area contributed by atoms with Crippen molar-refractivity contribution in [3.63, 3.8) is 0 Å². The number of allylic oxidation sites excluding steroid dienone is 2. The van der Waals surface area contributed by atoms with Crippen molar-refractivity contribution in [3.05, 3.63) is 81.9 Å². The number of fused-ring (bicyclic) bond motifs is 2. The van der Waals surface area contributed by atoms with Crippen LogP contribution in [0.5, 0.6) is 0 Å². The molecule has 2 aromatic rings. The Kier molecular flexibility index (Phi) is 7.42. The Hall–Kier alpha value is -0.0740. The van der Waals surface area contributed by atoms with Crippen molar-refractivity contribution < 1.29 is 15.7 Å². The fraction of sp³-hybridized carbons (Fsp3) is 0.333. The zero-order valence-electron chi connectivity index (χ0n) is 17.4. The van der Waals surface area contributed by atoms with Crippen LogP contribution in [-0.2, 0) is 15.7 Å². The van der Waals surface area contributed by atoms with Crippen LogP contribution in [0.25, 0.3) is 12.2 Å². The molecule has 0 saturated carbocycles. The maximum absolute atomic E-state index is 3.12. The molecule has 0 heterocycles. The van der Waals surface area contributed by atoms with Gasteiger partial charge in [-0.1, -0.05) is 0 Å². The maximum atomic E-state index is 2.77. The molecule has 4 rings (SSSR count). The van der Waals surface area contributed by atoms with Crippen molar-refractivity contribution >= 4 is 49.1 Å². The topological polar surface area (TPSA) is 0 Å². The molecule has 0 aromatic heterocycles. The van der Waals surface area contributed by atoms with Gasteiger partial charge in [0.25, 0.3) is 0 Å². The van der Waals surface area contributed by atoms with Crippen LogP contribution in [0.15, 0.2) is 59.7 Å².